The van der Waals surface area contributed by atoms with E-state index in [1.165, 1.54) is 0 Å². The summed E-state index contributed by atoms with van der Waals surface area (Å²) in [6.07, 6.45) is 2.00. The van der Waals surface area contributed by atoms with Crippen molar-refractivity contribution < 1.29 is 22.3 Å². The minimum absolute atomic E-state index is 0.0778. The molecule has 0 aromatic heterocycles. The number of rotatable bonds is 3. The molecule has 3 nitrogen and oxygen atoms in total. The third-order valence-corrected chi connectivity index (χ3v) is 9.83. The van der Waals surface area contributed by atoms with Crippen LogP contribution in [0.25, 0.3) is 0 Å². The molecule has 6 atom stereocenters. The average molecular weight is 353 g/mol. The summed E-state index contributed by atoms with van der Waals surface area (Å²) in [6.45, 7) is 10.7. The van der Waals surface area contributed by atoms with Gasteiger partial charge in [-0.05, 0) is 70.0 Å². The molecular weight excluding hydrogens is 327 g/mol. The number of halogens is 3. The molecule has 4 fully saturated rings. The Bertz CT molecular complexity index is 590. The Morgan fingerprint density at radius 2 is 1.65 bits per heavy atom. The molecule has 0 saturated heterocycles. The van der Waals surface area contributed by atoms with E-state index in [0.717, 1.165) is 12.8 Å². The molecule has 2 spiro atoms. The minimum Gasteiger partial charge on any atom is -0.279 e. The minimum atomic E-state index is -5.02. The summed E-state index contributed by atoms with van der Waals surface area (Å²) in [5.41, 5.74) is -4.24. The van der Waals surface area contributed by atoms with Crippen molar-refractivity contribution in [1.82, 2.24) is 4.72 Å². The summed E-state index contributed by atoms with van der Waals surface area (Å²) in [4.78, 5) is 0. The van der Waals surface area contributed by atoms with Crippen molar-refractivity contribution in [3.63, 3.8) is 0 Å². The van der Waals surface area contributed by atoms with Gasteiger partial charge in [-0.2, -0.15) is 13.2 Å². The maximum Gasteiger partial charge on any atom is 0.509 e. The monoisotopic (exact) mass is 353 g/mol. The summed E-state index contributed by atoms with van der Waals surface area (Å²) >= 11 is 0. The molecule has 23 heavy (non-hydrogen) atoms. The molecule has 0 heterocycles. The van der Waals surface area contributed by atoms with E-state index < -0.39 is 22.3 Å². The summed E-state index contributed by atoms with van der Waals surface area (Å²) < 4.78 is 59.5. The number of nitrogens with one attached hydrogen (secondary N) is 1. The molecule has 4 rings (SSSR count). The predicted octanol–water partition coefficient (Wildman–Crippen LogP) is 4.86. The summed E-state index contributed by atoms with van der Waals surface area (Å²) in [7, 11) is -4.78. The van der Waals surface area contributed by atoms with Gasteiger partial charge in [-0.3, -0.25) is 9.11 Å². The second kappa shape index (κ2) is 3.74. The van der Waals surface area contributed by atoms with Crippen LogP contribution in [0.1, 0.15) is 47.5 Å². The number of hydrogen-bond acceptors (Lipinski definition) is 3. The van der Waals surface area contributed by atoms with Crippen LogP contribution in [0, 0.1) is 39.4 Å². The van der Waals surface area contributed by atoms with Gasteiger partial charge in [0.1, 0.15) is 0 Å². The van der Waals surface area contributed by atoms with Gasteiger partial charge in [-0.15, -0.1) is 0 Å². The zero-order chi connectivity index (χ0) is 17.4. The first-order chi connectivity index (χ1) is 10.2. The Balaban J connectivity index is 1.61. The summed E-state index contributed by atoms with van der Waals surface area (Å²) in [5.74, 6) is 1.34. The fourth-order valence-electron chi connectivity index (χ4n) is 7.47. The van der Waals surface area contributed by atoms with Gasteiger partial charge in [-0.25, -0.2) is 4.72 Å². The van der Waals surface area contributed by atoms with Crippen molar-refractivity contribution in [2.45, 2.75) is 59.0 Å². The molecule has 4 aliphatic carbocycles. The van der Waals surface area contributed by atoms with Gasteiger partial charge in [0.2, 0.25) is 0 Å². The highest BCUT2D eigenvalue weighted by Crippen LogP contribution is 3.02. The quantitative estimate of drug-likeness (QED) is 0.679. The predicted molar refractivity (Wildman–Crippen MR) is 83.6 cm³/mol. The standard InChI is InChI=1S/C16H26F3NO2S/c1-8(20-23(21,22)16(17,18)19)9-6-14-7-15(9)11(13(15,4)5)10(14)12(14,2)3/h8-11,20-22H,6-7H2,1-5H3. The molecule has 0 aliphatic heterocycles. The molecule has 3 N–H and O–H groups in total. The molecule has 0 radical (unpaired) electrons. The summed E-state index contributed by atoms with van der Waals surface area (Å²) in [5, 5.41) is 0. The van der Waals surface area contributed by atoms with Gasteiger partial charge in [0, 0.05) is 6.04 Å². The van der Waals surface area contributed by atoms with Crippen LogP contribution in [-0.4, -0.2) is 20.7 Å². The lowest BCUT2D eigenvalue weighted by molar-refractivity contribution is -0.0550. The van der Waals surface area contributed by atoms with E-state index in [2.05, 4.69) is 32.4 Å². The first-order valence-corrected chi connectivity index (χ1v) is 9.83. The molecule has 2 bridgehead atoms. The van der Waals surface area contributed by atoms with E-state index in [1.54, 1.807) is 6.92 Å². The van der Waals surface area contributed by atoms with Crippen molar-refractivity contribution in [3.05, 3.63) is 0 Å². The third kappa shape index (κ3) is 1.49. The van der Waals surface area contributed by atoms with Gasteiger partial charge in [-0.1, -0.05) is 27.7 Å². The lowest BCUT2D eigenvalue weighted by Gasteiger charge is -2.40. The van der Waals surface area contributed by atoms with Crippen molar-refractivity contribution >= 4 is 10.8 Å². The van der Waals surface area contributed by atoms with E-state index in [0.29, 0.717) is 11.8 Å². The number of hydrogen-bond donors (Lipinski definition) is 3. The molecule has 0 aromatic rings. The highest BCUT2D eigenvalue weighted by atomic mass is 32.3. The Kier molecular flexibility index (Phi) is 2.68. The topological polar surface area (TPSA) is 52.5 Å². The molecule has 4 saturated carbocycles. The van der Waals surface area contributed by atoms with Crippen molar-refractivity contribution in [2.24, 2.45) is 39.4 Å². The van der Waals surface area contributed by atoms with Gasteiger partial charge in [0.25, 0.3) is 0 Å². The van der Waals surface area contributed by atoms with E-state index in [-0.39, 0.29) is 27.6 Å². The van der Waals surface area contributed by atoms with E-state index in [9.17, 15) is 22.3 Å². The highest BCUT2D eigenvalue weighted by Gasteiger charge is 2.97. The zero-order valence-electron chi connectivity index (χ0n) is 14.2. The fourth-order valence-corrected chi connectivity index (χ4v) is 8.29. The van der Waals surface area contributed by atoms with Gasteiger partial charge >= 0.3 is 5.51 Å². The van der Waals surface area contributed by atoms with Crippen molar-refractivity contribution in [1.29, 1.82) is 0 Å². The largest absolute Gasteiger partial charge is 0.509 e. The van der Waals surface area contributed by atoms with Crippen LogP contribution in [0.3, 0.4) is 0 Å². The van der Waals surface area contributed by atoms with Gasteiger partial charge in [0.15, 0.2) is 0 Å². The molecule has 4 aliphatic rings. The van der Waals surface area contributed by atoms with Crippen LogP contribution in [0.15, 0.2) is 0 Å². The third-order valence-electron chi connectivity index (χ3n) is 8.49. The van der Waals surface area contributed by atoms with Gasteiger partial charge in [0.05, 0.1) is 0 Å². The first-order valence-electron chi connectivity index (χ1n) is 8.29. The smallest absolute Gasteiger partial charge is 0.279 e. The maximum absolute atomic E-state index is 12.8. The lowest BCUT2D eigenvalue weighted by Crippen LogP contribution is -2.43. The van der Waals surface area contributed by atoms with E-state index in [1.807, 2.05) is 0 Å². The lowest BCUT2D eigenvalue weighted by atomic mass is 9.80. The first kappa shape index (κ1) is 16.5. The zero-order valence-corrected chi connectivity index (χ0v) is 15.0. The van der Waals surface area contributed by atoms with Crippen LogP contribution < -0.4 is 4.72 Å². The van der Waals surface area contributed by atoms with E-state index >= 15 is 0 Å². The molecule has 6 unspecified atom stereocenters. The maximum atomic E-state index is 12.8. The Morgan fingerprint density at radius 1 is 1.09 bits per heavy atom. The SMILES string of the molecule is CC(NS(O)(O)C(F)(F)F)C1CC23CC14C(C2C3(C)C)C4(C)C. The summed E-state index contributed by atoms with van der Waals surface area (Å²) in [6, 6.07) is -0.553. The van der Waals surface area contributed by atoms with E-state index in [4.69, 9.17) is 0 Å². The molecule has 0 amide bonds. The number of fused-ring (bicyclic) bond motifs is 1. The second-order valence-electron chi connectivity index (χ2n) is 9.48. The fraction of sp³-hybridized carbons (Fsp3) is 1.00. The van der Waals surface area contributed by atoms with Crippen LogP contribution >= 0.6 is 10.8 Å². The van der Waals surface area contributed by atoms with Crippen molar-refractivity contribution in [2.75, 3.05) is 0 Å². The van der Waals surface area contributed by atoms with Crippen LogP contribution in [0.5, 0.6) is 0 Å². The molecular formula is C16H26F3NO2S. The molecule has 7 heteroatoms. The second-order valence-corrected chi connectivity index (χ2v) is 11.3. The Labute approximate surface area is 136 Å². The van der Waals surface area contributed by atoms with Crippen LogP contribution in [0.4, 0.5) is 13.2 Å². The number of alkyl halides is 3. The normalized spacial score (nSPS) is 50.3. The molecule has 0 aromatic carbocycles. The van der Waals surface area contributed by atoms with Crippen molar-refractivity contribution in [3.8, 4) is 0 Å². The van der Waals surface area contributed by atoms with Crippen LogP contribution in [-0.2, 0) is 0 Å². The average Bonchev–Trinajstić information content (AvgIpc) is 2.89. The Morgan fingerprint density at radius 3 is 2.13 bits per heavy atom. The Hall–Kier alpha value is 0.0200. The molecule has 134 valence electrons. The van der Waals surface area contributed by atoms with Crippen LogP contribution in [0.2, 0.25) is 0 Å². The van der Waals surface area contributed by atoms with Gasteiger partial charge < -0.3 is 0 Å². The highest BCUT2D eigenvalue weighted by molar-refractivity contribution is 8.23.